The van der Waals surface area contributed by atoms with Crippen molar-refractivity contribution in [3.05, 3.63) is 48.8 Å². The van der Waals surface area contributed by atoms with E-state index in [1.54, 1.807) is 0 Å². The average molecular weight is 424 g/mol. The lowest BCUT2D eigenvalue weighted by molar-refractivity contribution is -0.204. The van der Waals surface area contributed by atoms with Crippen LogP contribution in [-0.2, 0) is 4.74 Å². The maximum Gasteiger partial charge on any atom is 0.425 e. The molecule has 0 aliphatic heterocycles. The molecule has 29 heavy (non-hydrogen) atoms. The van der Waals surface area contributed by atoms with Crippen molar-refractivity contribution in [3.63, 3.8) is 0 Å². The molecule has 0 spiro atoms. The van der Waals surface area contributed by atoms with Crippen LogP contribution < -0.4 is 9.47 Å². The van der Waals surface area contributed by atoms with Crippen molar-refractivity contribution in [2.24, 2.45) is 0 Å². The fourth-order valence-electron chi connectivity index (χ4n) is 2.19. The lowest BCUT2D eigenvalue weighted by Crippen LogP contribution is -2.37. The summed E-state index contributed by atoms with van der Waals surface area (Å²) in [7, 11) is 0. The van der Waals surface area contributed by atoms with E-state index in [-0.39, 0.29) is 11.8 Å². The van der Waals surface area contributed by atoms with Crippen molar-refractivity contribution in [3.8, 4) is 11.8 Å². The molecule has 11 heteroatoms. The second-order valence-electron chi connectivity index (χ2n) is 5.82. The van der Waals surface area contributed by atoms with Gasteiger partial charge < -0.3 is 14.2 Å². The number of rotatable bonds is 10. The van der Waals surface area contributed by atoms with Gasteiger partial charge in [0.25, 0.3) is 0 Å². The first-order chi connectivity index (χ1) is 13.7. The fraction of sp³-hybridized carbons (Fsp3) is 0.444. The largest absolute Gasteiger partial charge is 0.465 e. The standard InChI is InChI=1S/C18H18F6N2O3/c19-17(20,21)13(28-15-5-1-3-9-25-15)7-11-27-12-8-14(18(22,23)24)29-16-6-2-4-10-26-16/h1-6,9-10,13-14H,7-8,11-12H2. The molecule has 0 N–H and O–H groups in total. The Morgan fingerprint density at radius 3 is 1.41 bits per heavy atom. The van der Waals surface area contributed by atoms with Gasteiger partial charge >= 0.3 is 12.4 Å². The van der Waals surface area contributed by atoms with Crippen molar-refractivity contribution in [2.45, 2.75) is 37.4 Å². The van der Waals surface area contributed by atoms with Gasteiger partial charge in [0, 0.05) is 37.4 Å². The molecule has 0 fully saturated rings. The molecule has 160 valence electrons. The Morgan fingerprint density at radius 1 is 0.690 bits per heavy atom. The highest BCUT2D eigenvalue weighted by atomic mass is 19.4. The maximum atomic E-state index is 13.1. The summed E-state index contributed by atoms with van der Waals surface area (Å²) in [5.74, 6) is -0.425. The highest BCUT2D eigenvalue weighted by molar-refractivity contribution is 5.10. The highest BCUT2D eigenvalue weighted by Crippen LogP contribution is 2.28. The zero-order chi connectivity index (χ0) is 21.3. The van der Waals surface area contributed by atoms with E-state index in [0.29, 0.717) is 0 Å². The van der Waals surface area contributed by atoms with Gasteiger partial charge in [-0.1, -0.05) is 12.1 Å². The lowest BCUT2D eigenvalue weighted by Gasteiger charge is -2.22. The van der Waals surface area contributed by atoms with Crippen molar-refractivity contribution in [2.75, 3.05) is 13.2 Å². The van der Waals surface area contributed by atoms with E-state index in [1.165, 1.54) is 48.8 Å². The Labute approximate surface area is 162 Å². The normalized spacial score (nSPS) is 14.3. The summed E-state index contributed by atoms with van der Waals surface area (Å²) in [5, 5.41) is 0. The molecule has 0 saturated carbocycles. The topological polar surface area (TPSA) is 53.5 Å². The number of halogens is 6. The molecule has 0 radical (unpaired) electrons. The zero-order valence-electron chi connectivity index (χ0n) is 15.0. The van der Waals surface area contributed by atoms with Crippen LogP contribution in [0.4, 0.5) is 26.3 Å². The first-order valence-corrected chi connectivity index (χ1v) is 8.53. The first kappa shape index (κ1) is 22.7. The third-order valence-corrected chi connectivity index (χ3v) is 3.58. The number of hydrogen-bond acceptors (Lipinski definition) is 5. The molecule has 0 aliphatic rings. The molecule has 2 aromatic heterocycles. The third-order valence-electron chi connectivity index (χ3n) is 3.58. The van der Waals surface area contributed by atoms with Crippen molar-refractivity contribution < 1.29 is 40.6 Å². The summed E-state index contributed by atoms with van der Waals surface area (Å²) >= 11 is 0. The van der Waals surface area contributed by atoms with Crippen LogP contribution in [0.1, 0.15) is 12.8 Å². The second-order valence-corrected chi connectivity index (χ2v) is 5.82. The van der Waals surface area contributed by atoms with Gasteiger partial charge in [0.15, 0.2) is 12.2 Å². The minimum atomic E-state index is -4.68. The van der Waals surface area contributed by atoms with Crippen LogP contribution in [0.5, 0.6) is 11.8 Å². The van der Waals surface area contributed by atoms with Gasteiger partial charge in [-0.15, -0.1) is 0 Å². The van der Waals surface area contributed by atoms with Gasteiger partial charge in [-0.2, -0.15) is 26.3 Å². The number of aromatic nitrogens is 2. The molecule has 0 bridgehead atoms. The molecule has 2 rings (SSSR count). The summed E-state index contributed by atoms with van der Waals surface area (Å²) < 4.78 is 92.9. The monoisotopic (exact) mass is 424 g/mol. The van der Waals surface area contributed by atoms with Crippen LogP contribution in [0.3, 0.4) is 0 Å². The number of ether oxygens (including phenoxy) is 3. The van der Waals surface area contributed by atoms with E-state index < -0.39 is 50.6 Å². The molecule has 0 saturated heterocycles. The van der Waals surface area contributed by atoms with Crippen molar-refractivity contribution >= 4 is 0 Å². The van der Waals surface area contributed by atoms with E-state index in [9.17, 15) is 26.3 Å². The molecule has 2 atom stereocenters. The molecule has 5 nitrogen and oxygen atoms in total. The Bertz CT molecular complexity index is 652. The first-order valence-electron chi connectivity index (χ1n) is 8.53. The van der Waals surface area contributed by atoms with Crippen LogP contribution in [0.25, 0.3) is 0 Å². The Morgan fingerprint density at radius 2 is 1.10 bits per heavy atom. The van der Waals surface area contributed by atoms with Crippen LogP contribution in [-0.4, -0.2) is 47.7 Å². The molecular formula is C18H18F6N2O3. The molecule has 0 aliphatic carbocycles. The van der Waals surface area contributed by atoms with Crippen LogP contribution in [0.2, 0.25) is 0 Å². The van der Waals surface area contributed by atoms with Crippen molar-refractivity contribution in [1.29, 1.82) is 0 Å². The summed E-state index contributed by atoms with van der Waals surface area (Å²) in [6.45, 7) is -0.906. The summed E-state index contributed by atoms with van der Waals surface area (Å²) in [6, 6.07) is 8.49. The molecule has 0 amide bonds. The van der Waals surface area contributed by atoms with Crippen LogP contribution in [0.15, 0.2) is 48.8 Å². The predicted octanol–water partition coefficient (Wildman–Crippen LogP) is 4.59. The van der Waals surface area contributed by atoms with E-state index in [0.717, 1.165) is 0 Å². The van der Waals surface area contributed by atoms with Crippen molar-refractivity contribution in [1.82, 2.24) is 9.97 Å². The minimum absolute atomic E-state index is 0.212. The van der Waals surface area contributed by atoms with Gasteiger partial charge in [-0.3, -0.25) is 0 Å². The molecular weight excluding hydrogens is 406 g/mol. The van der Waals surface area contributed by atoms with Gasteiger partial charge in [-0.25, -0.2) is 9.97 Å². The Kier molecular flexibility index (Phi) is 8.06. The van der Waals surface area contributed by atoms with Gasteiger partial charge in [0.2, 0.25) is 11.8 Å². The fourth-order valence-corrected chi connectivity index (χ4v) is 2.19. The quantitative estimate of drug-likeness (QED) is 0.413. The Balaban J connectivity index is 1.81. The van der Waals surface area contributed by atoms with E-state index >= 15 is 0 Å². The van der Waals surface area contributed by atoms with Crippen LogP contribution in [0, 0.1) is 0 Å². The lowest BCUT2D eigenvalue weighted by atomic mass is 10.2. The van der Waals surface area contributed by atoms with E-state index in [1.807, 2.05) is 0 Å². The highest BCUT2D eigenvalue weighted by Gasteiger charge is 2.43. The second kappa shape index (κ2) is 10.3. The molecule has 2 unspecified atom stereocenters. The van der Waals surface area contributed by atoms with Crippen LogP contribution >= 0.6 is 0 Å². The Hall–Kier alpha value is -2.56. The number of alkyl halides is 6. The number of hydrogen-bond donors (Lipinski definition) is 0. The van der Waals surface area contributed by atoms with Gasteiger partial charge in [-0.05, 0) is 12.1 Å². The van der Waals surface area contributed by atoms with E-state index in [2.05, 4.69) is 9.97 Å². The minimum Gasteiger partial charge on any atom is -0.465 e. The molecule has 2 aromatic rings. The average Bonchev–Trinajstić information content (AvgIpc) is 2.66. The maximum absolute atomic E-state index is 13.1. The third kappa shape index (κ3) is 8.14. The molecule has 2 heterocycles. The SMILES string of the molecule is FC(F)(F)C(CCOCCC(Oc1ccccn1)C(F)(F)F)Oc1ccccn1. The van der Waals surface area contributed by atoms with E-state index in [4.69, 9.17) is 14.2 Å². The summed E-state index contributed by atoms with van der Waals surface area (Å²) in [6.07, 6.45) is -12.4. The summed E-state index contributed by atoms with van der Waals surface area (Å²) in [5.41, 5.74) is 0. The summed E-state index contributed by atoms with van der Waals surface area (Å²) in [4.78, 5) is 7.31. The van der Waals surface area contributed by atoms with Gasteiger partial charge in [0.1, 0.15) is 0 Å². The van der Waals surface area contributed by atoms with Gasteiger partial charge in [0.05, 0.1) is 13.2 Å². The predicted molar refractivity (Wildman–Crippen MR) is 89.5 cm³/mol. The smallest absolute Gasteiger partial charge is 0.425 e. The number of nitrogens with zero attached hydrogens (tertiary/aromatic N) is 2. The zero-order valence-corrected chi connectivity index (χ0v) is 15.0. The number of pyridine rings is 2. The molecule has 0 aromatic carbocycles.